The van der Waals surface area contributed by atoms with Crippen LogP contribution in [0.3, 0.4) is 0 Å². The van der Waals surface area contributed by atoms with Crippen LogP contribution in [0.25, 0.3) is 0 Å². The summed E-state index contributed by atoms with van der Waals surface area (Å²) < 4.78 is 0. The van der Waals surface area contributed by atoms with Crippen LogP contribution in [0.4, 0.5) is 5.69 Å². The summed E-state index contributed by atoms with van der Waals surface area (Å²) in [4.78, 5) is 10.5. The number of hydrogen-bond donors (Lipinski definition) is 5. The number of aromatic hydroxyl groups is 1. The number of aliphatic hydroxyl groups is 1. The molecule has 0 aliphatic rings. The van der Waals surface area contributed by atoms with E-state index in [1.54, 1.807) is 0 Å². The molecule has 0 aliphatic carbocycles. The van der Waals surface area contributed by atoms with E-state index < -0.39 is 18.1 Å². The minimum absolute atomic E-state index is 0.0348. The highest BCUT2D eigenvalue weighted by Crippen LogP contribution is 2.30. The minimum atomic E-state index is -1.20. The maximum absolute atomic E-state index is 10.5. The molecule has 88 valence electrons. The van der Waals surface area contributed by atoms with Crippen molar-refractivity contribution in [3.05, 3.63) is 23.8 Å². The molecule has 0 saturated carbocycles. The van der Waals surface area contributed by atoms with Crippen LogP contribution < -0.4 is 11.5 Å². The Morgan fingerprint density at radius 1 is 1.44 bits per heavy atom. The van der Waals surface area contributed by atoms with Gasteiger partial charge in [0.1, 0.15) is 11.8 Å². The zero-order chi connectivity index (χ0) is 12.3. The number of para-hydroxylation sites is 1. The van der Waals surface area contributed by atoms with Gasteiger partial charge in [0.25, 0.3) is 0 Å². The Morgan fingerprint density at radius 3 is 2.62 bits per heavy atom. The molecule has 7 N–H and O–H groups in total. The van der Waals surface area contributed by atoms with E-state index >= 15 is 0 Å². The smallest absolute Gasteiger partial charge is 0.320 e. The summed E-state index contributed by atoms with van der Waals surface area (Å²) in [6.45, 7) is 0. The number of carboxylic acids is 1. The Kier molecular flexibility index (Phi) is 3.70. The Labute approximate surface area is 92.1 Å². The van der Waals surface area contributed by atoms with Gasteiger partial charge in [-0.15, -0.1) is 0 Å². The second-order valence-corrected chi connectivity index (χ2v) is 3.48. The minimum Gasteiger partial charge on any atom is -0.506 e. The lowest BCUT2D eigenvalue weighted by molar-refractivity contribution is -0.139. The van der Waals surface area contributed by atoms with Gasteiger partial charge in [-0.05, 0) is 6.07 Å². The molecule has 0 unspecified atom stereocenters. The van der Waals surface area contributed by atoms with Crippen LogP contribution in [0, 0.1) is 0 Å². The van der Waals surface area contributed by atoms with Crippen LogP contribution in [-0.2, 0) is 4.79 Å². The summed E-state index contributed by atoms with van der Waals surface area (Å²) in [5.41, 5.74) is 11.1. The molecule has 1 aromatic carbocycles. The Morgan fingerprint density at radius 2 is 2.06 bits per heavy atom. The lowest BCUT2D eigenvalue weighted by Crippen LogP contribution is -2.32. The molecule has 6 nitrogen and oxygen atoms in total. The van der Waals surface area contributed by atoms with Crippen LogP contribution >= 0.6 is 0 Å². The SMILES string of the molecule is Nc1c(O)cccc1[C@@H](O)C[C@H](N)C(=O)O. The first-order chi connectivity index (χ1) is 7.43. The summed E-state index contributed by atoms with van der Waals surface area (Å²) >= 11 is 0. The second-order valence-electron chi connectivity index (χ2n) is 3.48. The number of carbonyl (C=O) groups is 1. The highest BCUT2D eigenvalue weighted by atomic mass is 16.4. The number of anilines is 1. The normalized spacial score (nSPS) is 14.4. The predicted molar refractivity (Wildman–Crippen MR) is 57.7 cm³/mol. The molecule has 2 atom stereocenters. The topological polar surface area (TPSA) is 130 Å². The largest absolute Gasteiger partial charge is 0.506 e. The van der Waals surface area contributed by atoms with Crippen molar-refractivity contribution in [2.24, 2.45) is 5.73 Å². The number of benzene rings is 1. The van der Waals surface area contributed by atoms with Gasteiger partial charge in [-0.2, -0.15) is 0 Å². The third kappa shape index (κ3) is 2.62. The fraction of sp³-hybridized carbons (Fsp3) is 0.300. The van der Waals surface area contributed by atoms with Gasteiger partial charge in [0.2, 0.25) is 0 Å². The average molecular weight is 226 g/mol. The molecule has 0 amide bonds. The van der Waals surface area contributed by atoms with Gasteiger partial charge >= 0.3 is 5.97 Å². The van der Waals surface area contributed by atoms with Crippen LogP contribution in [-0.4, -0.2) is 27.3 Å². The van der Waals surface area contributed by atoms with E-state index in [0.717, 1.165) is 0 Å². The van der Waals surface area contributed by atoms with Crippen molar-refractivity contribution in [3.8, 4) is 5.75 Å². The van der Waals surface area contributed by atoms with Gasteiger partial charge in [-0.3, -0.25) is 4.79 Å². The van der Waals surface area contributed by atoms with Crippen LogP contribution in [0.5, 0.6) is 5.75 Å². The number of carboxylic acid groups (broad SMARTS) is 1. The Hall–Kier alpha value is -1.79. The number of hydrogen-bond acceptors (Lipinski definition) is 5. The first-order valence-electron chi connectivity index (χ1n) is 4.67. The van der Waals surface area contributed by atoms with Crippen molar-refractivity contribution in [3.63, 3.8) is 0 Å². The summed E-state index contributed by atoms with van der Waals surface area (Å²) in [7, 11) is 0. The van der Waals surface area contributed by atoms with E-state index in [2.05, 4.69) is 0 Å². The Bertz CT molecular complexity index is 394. The molecule has 0 aliphatic heterocycles. The highest BCUT2D eigenvalue weighted by Gasteiger charge is 2.20. The van der Waals surface area contributed by atoms with Gasteiger partial charge in [0.05, 0.1) is 11.8 Å². The van der Waals surface area contributed by atoms with Gasteiger partial charge in [0, 0.05) is 12.0 Å². The first kappa shape index (κ1) is 12.3. The fourth-order valence-corrected chi connectivity index (χ4v) is 1.33. The third-order valence-electron chi connectivity index (χ3n) is 2.27. The molecule has 0 radical (unpaired) electrons. The van der Waals surface area contributed by atoms with Crippen molar-refractivity contribution in [1.82, 2.24) is 0 Å². The number of rotatable bonds is 4. The van der Waals surface area contributed by atoms with Gasteiger partial charge in [-0.1, -0.05) is 12.1 Å². The summed E-state index contributed by atoms with van der Waals surface area (Å²) in [5, 5.41) is 27.6. The number of phenolic OH excluding ortho intramolecular Hbond substituents is 1. The van der Waals surface area contributed by atoms with E-state index in [9.17, 15) is 15.0 Å². The molecular weight excluding hydrogens is 212 g/mol. The Balaban J connectivity index is 2.84. The monoisotopic (exact) mass is 226 g/mol. The molecule has 1 aromatic rings. The summed E-state index contributed by atoms with van der Waals surface area (Å²) in [5.74, 6) is -1.35. The lowest BCUT2D eigenvalue weighted by Gasteiger charge is -2.16. The number of nitrogen functional groups attached to an aromatic ring is 1. The van der Waals surface area contributed by atoms with Gasteiger partial charge in [0.15, 0.2) is 0 Å². The van der Waals surface area contributed by atoms with Crippen LogP contribution in [0.1, 0.15) is 18.1 Å². The van der Waals surface area contributed by atoms with Crippen molar-refractivity contribution in [1.29, 1.82) is 0 Å². The maximum Gasteiger partial charge on any atom is 0.320 e. The standard InChI is InChI=1S/C10H14N2O4/c11-6(10(15)16)4-8(14)5-2-1-3-7(13)9(5)12/h1-3,6,8,13-14H,4,11-12H2,(H,15,16)/t6-,8-/m0/s1. The molecule has 0 saturated heterocycles. The highest BCUT2D eigenvalue weighted by molar-refractivity contribution is 5.73. The quantitative estimate of drug-likeness (QED) is 0.357. The van der Waals surface area contributed by atoms with Crippen LogP contribution in [0.2, 0.25) is 0 Å². The number of phenols is 1. The van der Waals surface area contributed by atoms with E-state index in [1.165, 1.54) is 18.2 Å². The lowest BCUT2D eigenvalue weighted by atomic mass is 10.0. The van der Waals surface area contributed by atoms with E-state index in [-0.39, 0.29) is 23.4 Å². The number of nitrogens with two attached hydrogens (primary N) is 2. The van der Waals surface area contributed by atoms with E-state index in [4.69, 9.17) is 16.6 Å². The molecule has 1 rings (SSSR count). The molecule has 0 heterocycles. The molecule has 6 heteroatoms. The molecular formula is C10H14N2O4. The second kappa shape index (κ2) is 4.82. The van der Waals surface area contributed by atoms with Gasteiger partial charge in [-0.25, -0.2) is 0 Å². The third-order valence-corrected chi connectivity index (χ3v) is 2.27. The molecule has 0 bridgehead atoms. The molecule has 0 aromatic heterocycles. The van der Waals surface area contributed by atoms with Gasteiger partial charge < -0.3 is 26.8 Å². The number of aliphatic hydroxyl groups excluding tert-OH is 1. The zero-order valence-corrected chi connectivity index (χ0v) is 8.50. The average Bonchev–Trinajstić information content (AvgIpc) is 2.21. The first-order valence-corrected chi connectivity index (χ1v) is 4.67. The fourth-order valence-electron chi connectivity index (χ4n) is 1.33. The maximum atomic E-state index is 10.5. The molecule has 0 fully saturated rings. The number of aliphatic carboxylic acids is 1. The van der Waals surface area contributed by atoms with Crippen molar-refractivity contribution >= 4 is 11.7 Å². The summed E-state index contributed by atoms with van der Waals surface area (Å²) in [6.07, 6.45) is -1.28. The summed E-state index contributed by atoms with van der Waals surface area (Å²) in [6, 6.07) is 3.23. The van der Waals surface area contributed by atoms with E-state index in [0.29, 0.717) is 0 Å². The van der Waals surface area contributed by atoms with Crippen LogP contribution in [0.15, 0.2) is 18.2 Å². The van der Waals surface area contributed by atoms with Crippen molar-refractivity contribution < 1.29 is 20.1 Å². The molecule has 16 heavy (non-hydrogen) atoms. The van der Waals surface area contributed by atoms with Crippen molar-refractivity contribution in [2.75, 3.05) is 5.73 Å². The van der Waals surface area contributed by atoms with Crippen molar-refractivity contribution in [2.45, 2.75) is 18.6 Å². The zero-order valence-electron chi connectivity index (χ0n) is 8.50. The predicted octanol–water partition coefficient (Wildman–Crippen LogP) is -0.190. The van der Waals surface area contributed by atoms with E-state index in [1.807, 2.05) is 0 Å². The molecule has 0 spiro atoms.